The number of hydrogen-bond donors (Lipinski definition) is 1. The second-order valence-electron chi connectivity index (χ2n) is 10.4. The first-order valence-electron chi connectivity index (χ1n) is 11.0. The van der Waals surface area contributed by atoms with Crippen LogP contribution in [0.4, 0.5) is 0 Å². The SMILES string of the molecule is C[C@]12CC=CC=C1CC[C@@H]1[C@@H]2[C@@H](O)C[C@@]2(C)[C@H]1CC[C@@]21OCOC12COCO2. The molecule has 0 bridgehead atoms. The van der Waals surface area contributed by atoms with Gasteiger partial charge in [0.25, 0.3) is 0 Å². The van der Waals surface area contributed by atoms with Gasteiger partial charge >= 0.3 is 0 Å². The number of aliphatic hydroxyl groups excluding tert-OH is 1. The summed E-state index contributed by atoms with van der Waals surface area (Å²) in [5.41, 5.74) is 0.943. The molecule has 6 rings (SSSR count). The first-order chi connectivity index (χ1) is 13.5. The van der Waals surface area contributed by atoms with E-state index in [-0.39, 0.29) is 30.5 Å². The summed E-state index contributed by atoms with van der Waals surface area (Å²) in [5.74, 6) is 0.559. The van der Waals surface area contributed by atoms with Crippen molar-refractivity contribution in [3.05, 3.63) is 23.8 Å². The zero-order valence-corrected chi connectivity index (χ0v) is 17.0. The van der Waals surface area contributed by atoms with Crippen molar-refractivity contribution in [1.82, 2.24) is 0 Å². The van der Waals surface area contributed by atoms with Crippen LogP contribution < -0.4 is 0 Å². The molecule has 4 aliphatic carbocycles. The van der Waals surface area contributed by atoms with Crippen LogP contribution in [0.5, 0.6) is 0 Å². The minimum absolute atomic E-state index is 0.0891. The molecule has 3 saturated carbocycles. The summed E-state index contributed by atoms with van der Waals surface area (Å²) >= 11 is 0. The van der Waals surface area contributed by atoms with Crippen LogP contribution in [-0.4, -0.2) is 42.8 Å². The van der Waals surface area contributed by atoms with Gasteiger partial charge in [0.2, 0.25) is 5.79 Å². The second-order valence-corrected chi connectivity index (χ2v) is 10.4. The lowest BCUT2D eigenvalue weighted by Gasteiger charge is -2.61. The van der Waals surface area contributed by atoms with Gasteiger partial charge in [-0.3, -0.25) is 0 Å². The molecular weight excluding hydrogens is 356 g/mol. The van der Waals surface area contributed by atoms with E-state index in [4.69, 9.17) is 18.9 Å². The maximum absolute atomic E-state index is 11.6. The quantitative estimate of drug-likeness (QED) is 0.688. The third-order valence-corrected chi connectivity index (χ3v) is 9.65. The molecule has 0 aromatic heterocycles. The molecule has 0 radical (unpaired) electrons. The van der Waals surface area contributed by atoms with Gasteiger partial charge in [0.1, 0.15) is 12.2 Å². The molecule has 1 N–H and O–H groups in total. The number of ether oxygens (including phenoxy) is 4. The summed E-state index contributed by atoms with van der Waals surface area (Å²) in [6.45, 7) is 5.66. The van der Waals surface area contributed by atoms with Crippen LogP contribution in [0.2, 0.25) is 0 Å². The monoisotopic (exact) mass is 388 g/mol. The average molecular weight is 389 g/mol. The molecule has 8 atom stereocenters. The van der Waals surface area contributed by atoms with E-state index in [1.165, 1.54) is 12.0 Å². The van der Waals surface area contributed by atoms with Crippen molar-refractivity contribution in [2.75, 3.05) is 20.2 Å². The second kappa shape index (κ2) is 5.70. The molecule has 2 spiro atoms. The minimum Gasteiger partial charge on any atom is -0.393 e. The molecule has 5 fully saturated rings. The molecule has 2 heterocycles. The van der Waals surface area contributed by atoms with Gasteiger partial charge in [-0.05, 0) is 61.7 Å². The molecule has 5 heteroatoms. The van der Waals surface area contributed by atoms with Gasteiger partial charge in [-0.1, -0.05) is 37.6 Å². The predicted octanol–water partition coefficient (Wildman–Crippen LogP) is 3.53. The molecule has 6 aliphatic rings. The zero-order chi connectivity index (χ0) is 19.2. The maximum atomic E-state index is 11.6. The summed E-state index contributed by atoms with van der Waals surface area (Å²) in [6.07, 6.45) is 12.6. The summed E-state index contributed by atoms with van der Waals surface area (Å²) in [4.78, 5) is 0. The highest BCUT2D eigenvalue weighted by Crippen LogP contribution is 2.71. The predicted molar refractivity (Wildman–Crippen MR) is 102 cm³/mol. The lowest BCUT2D eigenvalue weighted by atomic mass is 9.45. The number of hydrogen-bond acceptors (Lipinski definition) is 5. The van der Waals surface area contributed by atoms with Gasteiger partial charge in [0.15, 0.2) is 13.6 Å². The third kappa shape index (κ3) is 1.91. The first-order valence-corrected chi connectivity index (χ1v) is 11.0. The molecule has 0 aromatic rings. The number of fused-ring (bicyclic) bond motifs is 7. The Bertz CT molecular complexity index is 734. The average Bonchev–Trinajstić information content (AvgIpc) is 3.36. The third-order valence-electron chi connectivity index (χ3n) is 9.65. The van der Waals surface area contributed by atoms with Gasteiger partial charge in [-0.15, -0.1) is 0 Å². The van der Waals surface area contributed by atoms with Gasteiger partial charge in [0, 0.05) is 5.41 Å². The Hall–Kier alpha value is -0.720. The lowest BCUT2D eigenvalue weighted by Crippen LogP contribution is -2.66. The summed E-state index contributed by atoms with van der Waals surface area (Å²) in [5, 5.41) is 11.6. The topological polar surface area (TPSA) is 57.2 Å². The molecule has 1 unspecified atom stereocenters. The standard InChI is InChI=1S/C23H32O5/c1-20-9-4-3-5-15(20)6-7-16-17-8-10-22(21(17,2)11-18(24)19(16)20)23(28-14-26-22)12-25-13-27-23/h3-5,16-19,24H,6-14H2,1-2H3/t16-,17-,18-,19+,20-,21-,22+,23?/m0/s1. The first kappa shape index (κ1) is 18.1. The van der Waals surface area contributed by atoms with Gasteiger partial charge < -0.3 is 24.1 Å². The van der Waals surface area contributed by atoms with Crippen molar-refractivity contribution >= 4 is 0 Å². The fourth-order valence-corrected chi connectivity index (χ4v) is 8.49. The van der Waals surface area contributed by atoms with Crippen molar-refractivity contribution in [3.8, 4) is 0 Å². The fourth-order valence-electron chi connectivity index (χ4n) is 8.49. The maximum Gasteiger partial charge on any atom is 0.226 e. The van der Waals surface area contributed by atoms with E-state index < -0.39 is 11.4 Å². The van der Waals surface area contributed by atoms with Gasteiger partial charge in [-0.25, -0.2) is 0 Å². The van der Waals surface area contributed by atoms with E-state index in [1.807, 2.05) is 0 Å². The molecule has 0 aromatic carbocycles. The van der Waals surface area contributed by atoms with E-state index in [0.29, 0.717) is 24.4 Å². The van der Waals surface area contributed by atoms with Gasteiger partial charge in [0.05, 0.1) is 6.10 Å². The Kier molecular flexibility index (Phi) is 3.68. The lowest BCUT2D eigenvalue weighted by molar-refractivity contribution is -0.257. The van der Waals surface area contributed by atoms with Gasteiger partial charge in [-0.2, -0.15) is 0 Å². The summed E-state index contributed by atoms with van der Waals surface area (Å²) < 4.78 is 24.1. The van der Waals surface area contributed by atoms with Crippen LogP contribution in [0.3, 0.4) is 0 Å². The Balaban J connectivity index is 1.41. The van der Waals surface area contributed by atoms with E-state index in [2.05, 4.69) is 32.1 Å². The Labute approximate surface area is 167 Å². The number of rotatable bonds is 0. The number of allylic oxidation sites excluding steroid dienone is 4. The van der Waals surface area contributed by atoms with Crippen molar-refractivity contribution in [3.63, 3.8) is 0 Å². The largest absolute Gasteiger partial charge is 0.393 e. The van der Waals surface area contributed by atoms with E-state index in [0.717, 1.165) is 32.1 Å². The van der Waals surface area contributed by atoms with E-state index in [9.17, 15) is 5.11 Å². The van der Waals surface area contributed by atoms with Crippen LogP contribution in [0.15, 0.2) is 23.8 Å². The molecule has 5 nitrogen and oxygen atoms in total. The normalized spacial score (nSPS) is 57.3. The highest BCUT2D eigenvalue weighted by molar-refractivity contribution is 5.32. The zero-order valence-electron chi connectivity index (χ0n) is 17.0. The van der Waals surface area contributed by atoms with Crippen molar-refractivity contribution in [2.45, 2.75) is 69.9 Å². The summed E-state index contributed by atoms with van der Waals surface area (Å²) in [7, 11) is 0. The minimum atomic E-state index is -0.805. The highest BCUT2D eigenvalue weighted by atomic mass is 16.9. The van der Waals surface area contributed by atoms with Crippen molar-refractivity contribution < 1.29 is 24.1 Å². The smallest absolute Gasteiger partial charge is 0.226 e. The number of aliphatic hydroxyl groups is 1. The molecule has 28 heavy (non-hydrogen) atoms. The summed E-state index contributed by atoms with van der Waals surface area (Å²) in [6, 6.07) is 0. The highest BCUT2D eigenvalue weighted by Gasteiger charge is 2.76. The van der Waals surface area contributed by atoms with Crippen LogP contribution in [0.1, 0.15) is 52.4 Å². The van der Waals surface area contributed by atoms with Crippen LogP contribution >= 0.6 is 0 Å². The molecule has 0 amide bonds. The Morgan fingerprint density at radius 3 is 2.79 bits per heavy atom. The van der Waals surface area contributed by atoms with Crippen molar-refractivity contribution in [1.29, 1.82) is 0 Å². The van der Waals surface area contributed by atoms with Crippen LogP contribution in [0, 0.1) is 28.6 Å². The van der Waals surface area contributed by atoms with Crippen LogP contribution in [-0.2, 0) is 18.9 Å². The van der Waals surface area contributed by atoms with E-state index in [1.54, 1.807) is 0 Å². The van der Waals surface area contributed by atoms with Crippen molar-refractivity contribution in [2.24, 2.45) is 28.6 Å². The molecule has 154 valence electrons. The molecule has 2 aliphatic heterocycles. The Morgan fingerprint density at radius 1 is 1.11 bits per heavy atom. The van der Waals surface area contributed by atoms with Crippen LogP contribution in [0.25, 0.3) is 0 Å². The molecule has 2 saturated heterocycles. The molecular formula is C23H32O5. The Morgan fingerprint density at radius 2 is 1.96 bits per heavy atom. The van der Waals surface area contributed by atoms with E-state index >= 15 is 0 Å². The fraction of sp³-hybridized carbons (Fsp3) is 0.826.